The molecule has 1 rings (SSSR count). The number of hydrogen-bond acceptors (Lipinski definition) is 3. The largest absolute Gasteiger partial charge is 0.464 e. The lowest BCUT2D eigenvalue weighted by atomic mass is 10.2. The number of nitrogens with two attached hydrogens (primary N) is 1. The highest BCUT2D eigenvalue weighted by Crippen LogP contribution is 2.11. The Hall–Kier alpha value is -1.69. The van der Waals surface area contributed by atoms with Gasteiger partial charge < -0.3 is 10.2 Å². The fourth-order valence-corrected chi connectivity index (χ4v) is 0.606. The molecule has 1 aromatic heterocycles. The summed E-state index contributed by atoms with van der Waals surface area (Å²) in [4.78, 5) is 0. The predicted molar refractivity (Wildman–Crippen MR) is 36.5 cm³/mol. The maximum Gasteiger partial charge on any atom is 0.145 e. The third-order valence-electron chi connectivity index (χ3n) is 1.07. The van der Waals surface area contributed by atoms with Crippen LogP contribution in [-0.4, -0.2) is 0 Å². The van der Waals surface area contributed by atoms with Crippen molar-refractivity contribution in [2.24, 2.45) is 5.73 Å². The zero-order valence-electron chi connectivity index (χ0n) is 5.24. The summed E-state index contributed by atoms with van der Waals surface area (Å²) in [6.45, 7) is 0. The molecule has 0 aromatic carbocycles. The van der Waals surface area contributed by atoms with Gasteiger partial charge in [-0.05, 0) is 12.1 Å². The molecule has 0 atom stereocenters. The van der Waals surface area contributed by atoms with Crippen LogP contribution < -0.4 is 5.73 Å². The van der Waals surface area contributed by atoms with Crippen molar-refractivity contribution in [2.75, 3.05) is 0 Å². The third kappa shape index (κ3) is 1.00. The molecule has 0 bridgehead atoms. The van der Waals surface area contributed by atoms with Gasteiger partial charge in [-0.1, -0.05) is 0 Å². The van der Waals surface area contributed by atoms with E-state index in [4.69, 9.17) is 15.4 Å². The van der Waals surface area contributed by atoms with Crippen LogP contribution in [0.2, 0.25) is 0 Å². The van der Waals surface area contributed by atoms with Crippen molar-refractivity contribution in [1.29, 1.82) is 5.26 Å². The van der Waals surface area contributed by atoms with Gasteiger partial charge in [0.15, 0.2) is 0 Å². The predicted octanol–water partition coefficient (Wildman–Crippen LogP) is 1.10. The lowest BCUT2D eigenvalue weighted by molar-refractivity contribution is 0.554. The summed E-state index contributed by atoms with van der Waals surface area (Å²) >= 11 is 0. The van der Waals surface area contributed by atoms with Gasteiger partial charge in [0.25, 0.3) is 0 Å². The van der Waals surface area contributed by atoms with Gasteiger partial charge in [0, 0.05) is 6.20 Å². The molecule has 0 saturated carbocycles. The molecular formula is C7H6N2O. The molecule has 0 aliphatic heterocycles. The Morgan fingerprint density at radius 1 is 1.80 bits per heavy atom. The Balaban J connectivity index is 2.99. The van der Waals surface area contributed by atoms with E-state index in [0.29, 0.717) is 11.3 Å². The molecule has 0 aliphatic carbocycles. The quantitative estimate of drug-likeness (QED) is 0.585. The molecule has 0 amide bonds. The van der Waals surface area contributed by atoms with Gasteiger partial charge in [-0.25, -0.2) is 0 Å². The van der Waals surface area contributed by atoms with E-state index < -0.39 is 0 Å². The minimum absolute atomic E-state index is 0.352. The van der Waals surface area contributed by atoms with Crippen molar-refractivity contribution in [3.63, 3.8) is 0 Å². The van der Waals surface area contributed by atoms with Crippen molar-refractivity contribution in [1.82, 2.24) is 0 Å². The fraction of sp³-hybridized carbons (Fsp3) is 0. The third-order valence-corrected chi connectivity index (χ3v) is 1.07. The van der Waals surface area contributed by atoms with Crippen molar-refractivity contribution in [2.45, 2.75) is 0 Å². The number of nitriles is 1. The Morgan fingerprint density at radius 3 is 3.00 bits per heavy atom. The molecule has 2 N–H and O–H groups in total. The smallest absolute Gasteiger partial charge is 0.145 e. The summed E-state index contributed by atoms with van der Waals surface area (Å²) < 4.78 is 4.91. The van der Waals surface area contributed by atoms with Crippen molar-refractivity contribution in [3.05, 3.63) is 30.4 Å². The second kappa shape index (κ2) is 2.74. The van der Waals surface area contributed by atoms with Gasteiger partial charge >= 0.3 is 0 Å². The van der Waals surface area contributed by atoms with Crippen molar-refractivity contribution >= 4 is 5.57 Å². The zero-order chi connectivity index (χ0) is 7.40. The lowest BCUT2D eigenvalue weighted by Gasteiger charge is -1.86. The molecule has 1 aromatic rings. The molecule has 0 saturated heterocycles. The van der Waals surface area contributed by atoms with Crippen LogP contribution in [0.1, 0.15) is 5.76 Å². The summed E-state index contributed by atoms with van der Waals surface area (Å²) in [6.07, 6.45) is 2.72. The van der Waals surface area contributed by atoms with Gasteiger partial charge in [0.2, 0.25) is 0 Å². The highest BCUT2D eigenvalue weighted by Gasteiger charge is 1.99. The van der Waals surface area contributed by atoms with Gasteiger partial charge in [0.1, 0.15) is 17.4 Å². The second-order valence-electron chi connectivity index (χ2n) is 1.67. The molecule has 3 nitrogen and oxygen atoms in total. The first-order valence-corrected chi connectivity index (χ1v) is 2.74. The molecule has 50 valence electrons. The number of hydrogen-bond donors (Lipinski definition) is 1. The minimum Gasteiger partial charge on any atom is -0.464 e. The molecule has 0 radical (unpaired) electrons. The molecule has 0 unspecified atom stereocenters. The standard InChI is InChI=1S/C7H6N2O/c8-4-6(5-9)7-2-1-3-10-7/h1-4H,8H2/b6-4-. The highest BCUT2D eigenvalue weighted by molar-refractivity contribution is 5.72. The van der Waals surface area contributed by atoms with E-state index in [9.17, 15) is 0 Å². The number of rotatable bonds is 1. The maximum atomic E-state index is 8.44. The number of nitrogens with zero attached hydrogens (tertiary/aromatic N) is 1. The number of furan rings is 1. The Labute approximate surface area is 58.4 Å². The van der Waals surface area contributed by atoms with E-state index in [2.05, 4.69) is 0 Å². The van der Waals surface area contributed by atoms with Gasteiger partial charge in [-0.3, -0.25) is 0 Å². The Kier molecular flexibility index (Phi) is 1.76. The molecule has 1 heterocycles. The topological polar surface area (TPSA) is 63.0 Å². The monoisotopic (exact) mass is 134 g/mol. The van der Waals surface area contributed by atoms with E-state index >= 15 is 0 Å². The molecule has 0 aliphatic rings. The SMILES string of the molecule is N#C/C(=C/N)c1ccco1. The molecule has 0 spiro atoms. The van der Waals surface area contributed by atoms with Gasteiger partial charge in [-0.2, -0.15) is 5.26 Å². The summed E-state index contributed by atoms with van der Waals surface area (Å²) in [5.74, 6) is 0.505. The summed E-state index contributed by atoms with van der Waals surface area (Å²) in [7, 11) is 0. The Morgan fingerprint density at radius 2 is 2.60 bits per heavy atom. The van der Waals surface area contributed by atoms with Crippen LogP contribution in [0.3, 0.4) is 0 Å². The fourth-order valence-electron chi connectivity index (χ4n) is 0.606. The first-order valence-electron chi connectivity index (χ1n) is 2.74. The van der Waals surface area contributed by atoms with E-state index in [0.717, 1.165) is 0 Å². The molecular weight excluding hydrogens is 128 g/mol. The van der Waals surface area contributed by atoms with Crippen LogP contribution in [-0.2, 0) is 0 Å². The molecule has 10 heavy (non-hydrogen) atoms. The first kappa shape index (κ1) is 6.43. The van der Waals surface area contributed by atoms with Crippen molar-refractivity contribution in [3.8, 4) is 6.07 Å². The van der Waals surface area contributed by atoms with Gasteiger partial charge in [-0.15, -0.1) is 0 Å². The van der Waals surface area contributed by atoms with Gasteiger partial charge in [0.05, 0.1) is 6.26 Å². The van der Waals surface area contributed by atoms with Crippen LogP contribution in [0.5, 0.6) is 0 Å². The summed E-state index contributed by atoms with van der Waals surface area (Å²) in [5, 5.41) is 8.44. The van der Waals surface area contributed by atoms with Crippen molar-refractivity contribution < 1.29 is 4.42 Å². The van der Waals surface area contributed by atoms with E-state index in [1.807, 2.05) is 6.07 Å². The van der Waals surface area contributed by atoms with Crippen LogP contribution in [0.25, 0.3) is 5.57 Å². The molecule has 3 heteroatoms. The van der Waals surface area contributed by atoms with Crippen LogP contribution in [0.15, 0.2) is 29.0 Å². The second-order valence-corrected chi connectivity index (χ2v) is 1.67. The summed E-state index contributed by atoms with van der Waals surface area (Å²) in [6, 6.07) is 5.28. The lowest BCUT2D eigenvalue weighted by Crippen LogP contribution is -1.83. The summed E-state index contributed by atoms with van der Waals surface area (Å²) in [5.41, 5.74) is 5.48. The van der Waals surface area contributed by atoms with E-state index in [1.165, 1.54) is 12.5 Å². The van der Waals surface area contributed by atoms with Crippen LogP contribution >= 0.6 is 0 Å². The average molecular weight is 134 g/mol. The Bertz CT molecular complexity index is 266. The number of allylic oxidation sites excluding steroid dienone is 1. The first-order chi connectivity index (χ1) is 4.88. The van der Waals surface area contributed by atoms with Crippen LogP contribution in [0.4, 0.5) is 0 Å². The maximum absolute atomic E-state index is 8.44. The minimum atomic E-state index is 0.352. The zero-order valence-corrected chi connectivity index (χ0v) is 5.24. The normalized spacial score (nSPS) is 10.9. The molecule has 0 fully saturated rings. The van der Waals surface area contributed by atoms with E-state index in [1.54, 1.807) is 12.1 Å². The highest BCUT2D eigenvalue weighted by atomic mass is 16.3. The van der Waals surface area contributed by atoms with Crippen LogP contribution in [0, 0.1) is 11.3 Å². The van der Waals surface area contributed by atoms with E-state index in [-0.39, 0.29) is 0 Å². The average Bonchev–Trinajstić information content (AvgIpc) is 2.43.